The molecule has 1 saturated heterocycles. The molecule has 0 unspecified atom stereocenters. The van der Waals surface area contributed by atoms with Crippen molar-refractivity contribution in [2.24, 2.45) is 0 Å². The lowest BCUT2D eigenvalue weighted by Gasteiger charge is -2.24. The number of quaternary nitrogens is 1. The number of nitrogens with zero attached hydrogens (tertiary/aromatic N) is 1. The van der Waals surface area contributed by atoms with Gasteiger partial charge in [0.25, 0.3) is 0 Å². The third-order valence-corrected chi connectivity index (χ3v) is 6.60. The summed E-state index contributed by atoms with van der Waals surface area (Å²) in [5.41, 5.74) is 2.46. The minimum Gasteiger partial charge on any atom is -0.507 e. The SMILES string of the molecule is O=c1c(-c2nc3ccccc3s2)coc2c(C[NH+]3CCCCC3)c(O)ccc12. The van der Waals surface area contributed by atoms with Crippen molar-refractivity contribution in [2.75, 3.05) is 13.1 Å². The van der Waals surface area contributed by atoms with E-state index >= 15 is 0 Å². The second-order valence-electron chi connectivity index (χ2n) is 7.39. The van der Waals surface area contributed by atoms with E-state index in [4.69, 9.17) is 4.42 Å². The Morgan fingerprint density at radius 3 is 2.75 bits per heavy atom. The molecule has 1 fully saturated rings. The molecule has 5 nitrogen and oxygen atoms in total. The number of hydrogen-bond donors (Lipinski definition) is 2. The number of para-hydroxylation sites is 1. The summed E-state index contributed by atoms with van der Waals surface area (Å²) in [6, 6.07) is 11.1. The van der Waals surface area contributed by atoms with Gasteiger partial charge in [0, 0.05) is 0 Å². The molecule has 142 valence electrons. The first kappa shape index (κ1) is 17.4. The maximum Gasteiger partial charge on any atom is 0.202 e. The van der Waals surface area contributed by atoms with Crippen LogP contribution in [0.4, 0.5) is 0 Å². The highest BCUT2D eigenvalue weighted by Crippen LogP contribution is 2.31. The smallest absolute Gasteiger partial charge is 0.202 e. The summed E-state index contributed by atoms with van der Waals surface area (Å²) in [6.45, 7) is 2.85. The lowest BCUT2D eigenvalue weighted by molar-refractivity contribution is -0.918. The van der Waals surface area contributed by atoms with Crippen LogP contribution >= 0.6 is 11.3 Å². The molecule has 0 amide bonds. The van der Waals surface area contributed by atoms with E-state index in [2.05, 4.69) is 4.98 Å². The number of benzene rings is 2. The second kappa shape index (κ2) is 7.04. The lowest BCUT2D eigenvalue weighted by atomic mass is 10.1. The predicted octanol–water partition coefficient (Wildman–Crippen LogP) is 3.34. The largest absolute Gasteiger partial charge is 0.507 e. The van der Waals surface area contributed by atoms with Crippen LogP contribution < -0.4 is 10.3 Å². The van der Waals surface area contributed by atoms with E-state index < -0.39 is 0 Å². The molecule has 2 aromatic heterocycles. The first-order chi connectivity index (χ1) is 13.7. The van der Waals surface area contributed by atoms with Gasteiger partial charge in [0.15, 0.2) is 0 Å². The molecule has 2 N–H and O–H groups in total. The number of fused-ring (bicyclic) bond motifs is 2. The predicted molar refractivity (Wildman–Crippen MR) is 111 cm³/mol. The number of piperidine rings is 1. The van der Waals surface area contributed by atoms with Gasteiger partial charge in [0.1, 0.15) is 29.1 Å². The van der Waals surface area contributed by atoms with Gasteiger partial charge >= 0.3 is 0 Å². The third kappa shape index (κ3) is 2.99. The van der Waals surface area contributed by atoms with E-state index in [1.165, 1.54) is 41.8 Å². The fourth-order valence-electron chi connectivity index (χ4n) is 4.03. The summed E-state index contributed by atoms with van der Waals surface area (Å²) in [5.74, 6) is 0.196. The summed E-state index contributed by atoms with van der Waals surface area (Å²) >= 11 is 1.48. The van der Waals surface area contributed by atoms with Crippen molar-refractivity contribution < 1.29 is 14.4 Å². The maximum absolute atomic E-state index is 13.2. The van der Waals surface area contributed by atoms with Crippen LogP contribution in [-0.4, -0.2) is 23.2 Å². The van der Waals surface area contributed by atoms with Crippen LogP contribution in [0.15, 0.2) is 51.9 Å². The second-order valence-corrected chi connectivity index (χ2v) is 8.42. The van der Waals surface area contributed by atoms with Crippen LogP contribution in [0.1, 0.15) is 24.8 Å². The van der Waals surface area contributed by atoms with Gasteiger partial charge in [0.05, 0.1) is 39.8 Å². The highest BCUT2D eigenvalue weighted by molar-refractivity contribution is 7.21. The molecule has 0 aliphatic carbocycles. The molecule has 6 heteroatoms. The van der Waals surface area contributed by atoms with Crippen LogP contribution in [0, 0.1) is 0 Å². The summed E-state index contributed by atoms with van der Waals surface area (Å²) in [6.07, 6.45) is 5.17. The molecule has 0 radical (unpaired) electrons. The molecule has 28 heavy (non-hydrogen) atoms. The molecule has 1 aliphatic heterocycles. The Labute approximate surface area is 165 Å². The molecule has 4 aromatic rings. The van der Waals surface area contributed by atoms with E-state index in [-0.39, 0.29) is 11.2 Å². The number of aromatic hydroxyl groups is 1. The first-order valence-electron chi connectivity index (χ1n) is 9.66. The number of thiazole rings is 1. The molecule has 2 aromatic carbocycles. The van der Waals surface area contributed by atoms with Crippen molar-refractivity contribution in [1.82, 2.24) is 4.98 Å². The summed E-state index contributed by atoms with van der Waals surface area (Å²) < 4.78 is 6.96. The van der Waals surface area contributed by atoms with Crippen LogP contribution in [0.5, 0.6) is 5.75 Å². The average molecular weight is 393 g/mol. The van der Waals surface area contributed by atoms with Gasteiger partial charge in [-0.3, -0.25) is 4.79 Å². The zero-order valence-corrected chi connectivity index (χ0v) is 16.2. The minimum absolute atomic E-state index is 0.102. The highest BCUT2D eigenvalue weighted by Gasteiger charge is 2.21. The fourth-order valence-corrected chi connectivity index (χ4v) is 5.00. The van der Waals surface area contributed by atoms with Gasteiger partial charge in [-0.2, -0.15) is 0 Å². The van der Waals surface area contributed by atoms with Crippen molar-refractivity contribution in [3.63, 3.8) is 0 Å². The Morgan fingerprint density at radius 1 is 1.11 bits per heavy atom. The van der Waals surface area contributed by atoms with Gasteiger partial charge in [-0.15, -0.1) is 11.3 Å². The normalized spacial score (nSPS) is 15.4. The Morgan fingerprint density at radius 2 is 1.93 bits per heavy atom. The molecule has 3 heterocycles. The summed E-state index contributed by atoms with van der Waals surface area (Å²) in [4.78, 5) is 19.2. The Hall–Kier alpha value is -2.70. The monoisotopic (exact) mass is 393 g/mol. The highest BCUT2D eigenvalue weighted by atomic mass is 32.1. The molecule has 5 rings (SSSR count). The van der Waals surface area contributed by atoms with E-state index in [9.17, 15) is 9.90 Å². The van der Waals surface area contributed by atoms with Gasteiger partial charge in [-0.05, 0) is 43.5 Å². The van der Waals surface area contributed by atoms with Crippen molar-refractivity contribution in [3.05, 3.63) is 58.4 Å². The van der Waals surface area contributed by atoms with Crippen LogP contribution in [0.25, 0.3) is 31.8 Å². The molecular weight excluding hydrogens is 372 g/mol. The molecule has 0 saturated carbocycles. The fraction of sp³-hybridized carbons (Fsp3) is 0.273. The molecule has 0 spiro atoms. The van der Waals surface area contributed by atoms with Crippen LogP contribution in [0.2, 0.25) is 0 Å². The topological polar surface area (TPSA) is 67.8 Å². The van der Waals surface area contributed by atoms with E-state index in [0.717, 1.165) is 28.9 Å². The average Bonchev–Trinajstić information content (AvgIpc) is 3.15. The quantitative estimate of drug-likeness (QED) is 0.560. The Kier molecular flexibility index (Phi) is 4.37. The standard InChI is InChI=1S/C22H20N2O3S/c25-18-9-8-14-20(26)16(22-23-17-6-2-3-7-19(17)28-22)13-27-21(14)15(18)12-24-10-4-1-5-11-24/h2-3,6-9,13,25H,1,4-5,10-12H2/p+1. The van der Waals surface area contributed by atoms with Gasteiger partial charge in [-0.1, -0.05) is 12.1 Å². The summed E-state index contributed by atoms with van der Waals surface area (Å²) in [7, 11) is 0. The summed E-state index contributed by atoms with van der Waals surface area (Å²) in [5, 5.41) is 11.6. The number of hydrogen-bond acceptors (Lipinski definition) is 5. The Bertz CT molecular complexity index is 1190. The molecule has 1 aliphatic rings. The number of nitrogens with one attached hydrogen (secondary N) is 1. The van der Waals surface area contributed by atoms with Crippen molar-refractivity contribution >= 4 is 32.5 Å². The number of rotatable bonds is 3. The molecule has 0 bridgehead atoms. The number of phenolic OH excluding ortho intramolecular Hbond substituents is 1. The van der Waals surface area contributed by atoms with Crippen molar-refractivity contribution in [1.29, 1.82) is 0 Å². The van der Waals surface area contributed by atoms with E-state index in [1.54, 1.807) is 12.1 Å². The van der Waals surface area contributed by atoms with E-state index in [0.29, 0.717) is 28.1 Å². The molecular formula is C22H21N2O3S+. The van der Waals surface area contributed by atoms with Crippen LogP contribution in [-0.2, 0) is 6.54 Å². The number of likely N-dealkylation sites (tertiary alicyclic amines) is 1. The van der Waals surface area contributed by atoms with Crippen LogP contribution in [0.3, 0.4) is 0 Å². The molecule has 0 atom stereocenters. The van der Waals surface area contributed by atoms with Gasteiger partial charge < -0.3 is 14.4 Å². The minimum atomic E-state index is -0.102. The third-order valence-electron chi connectivity index (χ3n) is 5.53. The maximum atomic E-state index is 13.2. The van der Waals surface area contributed by atoms with Gasteiger partial charge in [0.2, 0.25) is 5.43 Å². The number of aromatic nitrogens is 1. The first-order valence-corrected chi connectivity index (χ1v) is 10.5. The van der Waals surface area contributed by atoms with Gasteiger partial charge in [-0.25, -0.2) is 4.98 Å². The zero-order valence-electron chi connectivity index (χ0n) is 15.4. The zero-order chi connectivity index (χ0) is 19.1. The van der Waals surface area contributed by atoms with E-state index in [1.807, 2.05) is 24.3 Å². The van der Waals surface area contributed by atoms with Crippen molar-refractivity contribution in [2.45, 2.75) is 25.8 Å². The van der Waals surface area contributed by atoms with Crippen molar-refractivity contribution in [3.8, 4) is 16.3 Å². The lowest BCUT2D eigenvalue weighted by Crippen LogP contribution is -3.11. The Balaban J connectivity index is 1.61. The number of phenols is 1.